The van der Waals surface area contributed by atoms with Crippen molar-refractivity contribution < 1.29 is 21.6 Å². The van der Waals surface area contributed by atoms with E-state index < -0.39 is 20.0 Å². The molecule has 134 valence electrons. The highest BCUT2D eigenvalue weighted by Gasteiger charge is 2.40. The van der Waals surface area contributed by atoms with Crippen LogP contribution in [0.4, 0.5) is 0 Å². The Hall–Kier alpha value is -1.16. The molecule has 0 bridgehead atoms. The van der Waals surface area contributed by atoms with Gasteiger partial charge in [0, 0.05) is 25.0 Å². The Bertz CT molecular complexity index is 812. The number of hydrogen-bond donors (Lipinski definition) is 1. The van der Waals surface area contributed by atoms with Crippen molar-refractivity contribution in [2.24, 2.45) is 5.41 Å². The van der Waals surface area contributed by atoms with Gasteiger partial charge in [-0.25, -0.2) is 25.9 Å². The van der Waals surface area contributed by atoms with Crippen LogP contribution in [-0.2, 0) is 20.0 Å². The molecule has 0 aliphatic carbocycles. The molecule has 0 radical (unpaired) electrons. The Morgan fingerprint density at radius 2 is 1.92 bits per heavy atom. The van der Waals surface area contributed by atoms with Crippen LogP contribution in [0.25, 0.3) is 0 Å². The van der Waals surface area contributed by atoms with Gasteiger partial charge >= 0.3 is 0 Å². The summed E-state index contributed by atoms with van der Waals surface area (Å²) in [5.74, 6) is 0.420. The maximum absolute atomic E-state index is 12.4. The predicted molar refractivity (Wildman–Crippen MR) is 89.8 cm³/mol. The molecular formula is C15H22N2O5S2. The molecule has 1 fully saturated rings. The fraction of sp³-hybridized carbons (Fsp3) is 0.600. The first-order valence-corrected chi connectivity index (χ1v) is 11.1. The Balaban J connectivity index is 1.81. The van der Waals surface area contributed by atoms with E-state index in [1.165, 1.54) is 10.4 Å². The lowest BCUT2D eigenvalue weighted by atomic mass is 9.80. The van der Waals surface area contributed by atoms with Crippen LogP contribution in [-0.4, -0.2) is 53.1 Å². The van der Waals surface area contributed by atoms with Crippen molar-refractivity contribution in [3.05, 3.63) is 24.3 Å². The molecule has 0 aromatic heterocycles. The topological polar surface area (TPSA) is 92.8 Å². The molecule has 9 heteroatoms. The first-order valence-electron chi connectivity index (χ1n) is 7.97. The molecule has 1 aromatic rings. The van der Waals surface area contributed by atoms with Gasteiger partial charge in [0.25, 0.3) is 0 Å². The zero-order valence-corrected chi connectivity index (χ0v) is 15.2. The van der Waals surface area contributed by atoms with Crippen molar-refractivity contribution in [3.8, 4) is 5.75 Å². The molecule has 0 unspecified atom stereocenters. The minimum atomic E-state index is -3.63. The van der Waals surface area contributed by atoms with Crippen LogP contribution in [0.15, 0.2) is 29.2 Å². The van der Waals surface area contributed by atoms with E-state index in [9.17, 15) is 16.8 Å². The molecule has 2 heterocycles. The lowest BCUT2D eigenvalue weighted by Crippen LogP contribution is -2.51. The third-order valence-corrected chi connectivity index (χ3v) is 8.17. The predicted octanol–water partition coefficient (Wildman–Crippen LogP) is 0.789. The minimum absolute atomic E-state index is 0.0799. The van der Waals surface area contributed by atoms with E-state index in [0.717, 1.165) is 0 Å². The molecule has 0 amide bonds. The molecule has 2 aliphatic heterocycles. The van der Waals surface area contributed by atoms with Crippen LogP contribution in [0.1, 0.15) is 19.8 Å². The van der Waals surface area contributed by atoms with E-state index >= 15 is 0 Å². The number of para-hydroxylation sites is 1. The van der Waals surface area contributed by atoms with Crippen molar-refractivity contribution in [2.75, 3.05) is 32.0 Å². The summed E-state index contributed by atoms with van der Waals surface area (Å²) < 4.78 is 58.9. The fourth-order valence-electron chi connectivity index (χ4n) is 3.14. The molecule has 0 saturated carbocycles. The molecular weight excluding hydrogens is 352 g/mol. The van der Waals surface area contributed by atoms with E-state index in [1.54, 1.807) is 25.1 Å². The largest absolute Gasteiger partial charge is 0.492 e. The van der Waals surface area contributed by atoms with Crippen LogP contribution in [0.5, 0.6) is 5.75 Å². The lowest BCUT2D eigenvalue weighted by Gasteiger charge is -2.41. The Kier molecular flexibility index (Phi) is 4.63. The summed E-state index contributed by atoms with van der Waals surface area (Å²) in [6.45, 7) is 3.03. The second-order valence-corrected chi connectivity index (χ2v) is 10.4. The summed E-state index contributed by atoms with van der Waals surface area (Å²) in [7, 11) is -6.84. The molecule has 3 rings (SSSR count). The zero-order valence-electron chi connectivity index (χ0n) is 13.6. The van der Waals surface area contributed by atoms with Crippen LogP contribution in [0.2, 0.25) is 0 Å². The Morgan fingerprint density at radius 1 is 1.25 bits per heavy atom. The summed E-state index contributed by atoms with van der Waals surface area (Å²) in [6, 6.07) is 6.56. The second-order valence-electron chi connectivity index (χ2n) is 6.36. The number of ether oxygens (including phenoxy) is 1. The van der Waals surface area contributed by atoms with Crippen molar-refractivity contribution in [2.45, 2.75) is 24.7 Å². The summed E-state index contributed by atoms with van der Waals surface area (Å²) >= 11 is 0. The highest BCUT2D eigenvalue weighted by Crippen LogP contribution is 2.36. The van der Waals surface area contributed by atoms with E-state index in [0.29, 0.717) is 38.3 Å². The number of benzene rings is 1. The van der Waals surface area contributed by atoms with Crippen molar-refractivity contribution >= 4 is 20.0 Å². The van der Waals surface area contributed by atoms with Gasteiger partial charge in [0.05, 0.1) is 12.4 Å². The Labute approximate surface area is 143 Å². The van der Waals surface area contributed by atoms with Gasteiger partial charge in [0.2, 0.25) is 20.0 Å². The van der Waals surface area contributed by atoms with Crippen molar-refractivity contribution in [3.63, 3.8) is 0 Å². The first kappa shape index (κ1) is 17.7. The summed E-state index contributed by atoms with van der Waals surface area (Å²) in [4.78, 5) is 0.144. The quantitative estimate of drug-likeness (QED) is 0.826. The average molecular weight is 374 g/mol. The third kappa shape index (κ3) is 3.30. The molecule has 1 aromatic carbocycles. The molecule has 2 aliphatic rings. The fourth-order valence-corrected chi connectivity index (χ4v) is 5.55. The van der Waals surface area contributed by atoms with Crippen molar-refractivity contribution in [1.82, 2.24) is 9.03 Å². The lowest BCUT2D eigenvalue weighted by molar-refractivity contribution is 0.0817. The molecule has 1 spiro atoms. The number of nitrogens with one attached hydrogen (secondary N) is 1. The Morgan fingerprint density at radius 3 is 2.58 bits per heavy atom. The molecule has 1 N–H and O–H groups in total. The monoisotopic (exact) mass is 374 g/mol. The number of piperidine rings is 1. The minimum Gasteiger partial charge on any atom is -0.492 e. The number of rotatable bonds is 2. The normalized spacial score (nSPS) is 23.7. The summed E-state index contributed by atoms with van der Waals surface area (Å²) in [6.07, 6.45) is 1.13. The molecule has 1 saturated heterocycles. The van der Waals surface area contributed by atoms with Gasteiger partial charge in [0.1, 0.15) is 10.6 Å². The number of hydrogen-bond acceptors (Lipinski definition) is 5. The smallest absolute Gasteiger partial charge is 0.244 e. The van der Waals surface area contributed by atoms with E-state index in [2.05, 4.69) is 4.72 Å². The van der Waals surface area contributed by atoms with Gasteiger partial charge in [-0.3, -0.25) is 0 Å². The zero-order chi connectivity index (χ0) is 17.4. The third-order valence-electron chi connectivity index (χ3n) is 4.85. The number of fused-ring (bicyclic) bond motifs is 1. The summed E-state index contributed by atoms with van der Waals surface area (Å²) in [5.41, 5.74) is -0.389. The van der Waals surface area contributed by atoms with E-state index in [-0.39, 0.29) is 22.6 Å². The van der Waals surface area contributed by atoms with Crippen LogP contribution < -0.4 is 9.46 Å². The standard InChI is InChI=1S/C15H22N2O5S2/c1-2-23(18,19)17-9-7-15(8-10-17)11-16-24(20,21)14-6-4-3-5-13(14)22-12-15/h3-6,16H,2,7-12H2,1H3. The second kappa shape index (κ2) is 6.29. The number of sulfonamides is 2. The first-order chi connectivity index (χ1) is 11.3. The van der Waals surface area contributed by atoms with Gasteiger partial charge in [0.15, 0.2) is 0 Å². The van der Waals surface area contributed by atoms with E-state index in [4.69, 9.17) is 4.74 Å². The van der Waals surface area contributed by atoms with Gasteiger partial charge < -0.3 is 4.74 Å². The SMILES string of the molecule is CCS(=O)(=O)N1CCC2(CC1)CNS(=O)(=O)c1ccccc1OC2. The maximum Gasteiger partial charge on any atom is 0.244 e. The van der Waals surface area contributed by atoms with Gasteiger partial charge in [-0.05, 0) is 31.9 Å². The molecule has 24 heavy (non-hydrogen) atoms. The van der Waals surface area contributed by atoms with Gasteiger partial charge in [-0.1, -0.05) is 12.1 Å². The van der Waals surface area contributed by atoms with Crippen molar-refractivity contribution in [1.29, 1.82) is 0 Å². The van der Waals surface area contributed by atoms with Crippen LogP contribution in [0.3, 0.4) is 0 Å². The van der Waals surface area contributed by atoms with Crippen LogP contribution >= 0.6 is 0 Å². The highest BCUT2D eigenvalue weighted by atomic mass is 32.2. The van der Waals surface area contributed by atoms with Gasteiger partial charge in [-0.2, -0.15) is 0 Å². The van der Waals surface area contributed by atoms with E-state index in [1.807, 2.05) is 0 Å². The van der Waals surface area contributed by atoms with Crippen LogP contribution in [0, 0.1) is 5.41 Å². The van der Waals surface area contributed by atoms with Gasteiger partial charge in [-0.15, -0.1) is 0 Å². The summed E-state index contributed by atoms with van der Waals surface area (Å²) in [5, 5.41) is 0. The number of nitrogens with zero attached hydrogens (tertiary/aromatic N) is 1. The highest BCUT2D eigenvalue weighted by molar-refractivity contribution is 7.89. The molecule has 7 nitrogen and oxygen atoms in total. The average Bonchev–Trinajstić information content (AvgIpc) is 2.58. The maximum atomic E-state index is 12.4. The molecule has 0 atom stereocenters.